The average molecular weight is 235 g/mol. The number of aromatic nitrogens is 1. The molecule has 4 heteroatoms. The van der Waals surface area contributed by atoms with E-state index in [-0.39, 0.29) is 12.2 Å². The average Bonchev–Trinajstić information content (AvgIpc) is 2.33. The van der Waals surface area contributed by atoms with Crippen LogP contribution in [0.5, 0.6) is 0 Å². The van der Waals surface area contributed by atoms with Gasteiger partial charge >= 0.3 is 0 Å². The minimum absolute atomic E-state index is 0.109. The van der Waals surface area contributed by atoms with Gasteiger partial charge in [0.05, 0.1) is 12.3 Å². The lowest BCUT2D eigenvalue weighted by Crippen LogP contribution is -1.98. The van der Waals surface area contributed by atoms with E-state index in [1.807, 2.05) is 0 Å². The molecule has 0 aliphatic carbocycles. The van der Waals surface area contributed by atoms with Gasteiger partial charge in [-0.1, -0.05) is 6.07 Å². The van der Waals surface area contributed by atoms with Crippen molar-refractivity contribution in [3.05, 3.63) is 53.2 Å². The molecule has 88 valence electrons. The molecule has 2 nitrogen and oxygen atoms in total. The van der Waals surface area contributed by atoms with Crippen LogP contribution in [0.1, 0.15) is 11.1 Å². The van der Waals surface area contributed by atoms with E-state index in [1.165, 1.54) is 18.3 Å². The van der Waals surface area contributed by atoms with E-state index in [1.54, 1.807) is 13.0 Å². The zero-order chi connectivity index (χ0) is 12.4. The van der Waals surface area contributed by atoms with Gasteiger partial charge in [0, 0.05) is 11.8 Å². The van der Waals surface area contributed by atoms with Crippen LogP contribution in [0, 0.1) is 18.6 Å². The Morgan fingerprint density at radius 1 is 1.24 bits per heavy atom. The van der Waals surface area contributed by atoms with Crippen molar-refractivity contribution in [2.24, 2.45) is 0 Å². The van der Waals surface area contributed by atoms with E-state index in [0.717, 1.165) is 6.07 Å². The first-order valence-electron chi connectivity index (χ1n) is 5.15. The fraction of sp³-hybridized carbons (Fsp3) is 0.154. The van der Waals surface area contributed by atoms with Gasteiger partial charge in [-0.15, -0.1) is 0 Å². The van der Waals surface area contributed by atoms with Crippen molar-refractivity contribution in [1.82, 2.24) is 4.98 Å². The molecule has 0 unspecified atom stereocenters. The van der Waals surface area contributed by atoms with E-state index in [9.17, 15) is 8.78 Å². The Morgan fingerprint density at radius 3 is 2.71 bits per heavy atom. The Labute approximate surface area is 97.6 Å². The second-order valence-electron chi connectivity index (χ2n) is 3.70. The zero-order valence-corrected chi connectivity index (χ0v) is 9.24. The van der Waals surface area contributed by atoms with Crippen molar-refractivity contribution in [2.75, 3.05) is 0 Å². The van der Waals surface area contributed by atoms with Crippen molar-refractivity contribution in [1.29, 1.82) is 0 Å². The summed E-state index contributed by atoms with van der Waals surface area (Å²) in [7, 11) is 0. The maximum absolute atomic E-state index is 13.6. The van der Waals surface area contributed by atoms with Gasteiger partial charge in [0.15, 0.2) is 11.6 Å². The van der Waals surface area contributed by atoms with Gasteiger partial charge in [-0.05, 0) is 36.2 Å². The maximum atomic E-state index is 13.6. The predicted octanol–water partition coefficient (Wildman–Crippen LogP) is 2.83. The number of benzene rings is 1. The Hall–Kier alpha value is -1.81. The number of rotatable bonds is 2. The zero-order valence-electron chi connectivity index (χ0n) is 9.24. The first kappa shape index (κ1) is 11.7. The molecule has 1 N–H and O–H groups in total. The van der Waals surface area contributed by atoms with Gasteiger partial charge in [-0.25, -0.2) is 8.78 Å². The van der Waals surface area contributed by atoms with E-state index in [0.29, 0.717) is 16.8 Å². The van der Waals surface area contributed by atoms with Crippen LogP contribution in [-0.4, -0.2) is 10.1 Å². The van der Waals surface area contributed by atoms with Gasteiger partial charge < -0.3 is 5.11 Å². The van der Waals surface area contributed by atoms with Gasteiger partial charge in [-0.3, -0.25) is 4.98 Å². The highest BCUT2D eigenvalue weighted by molar-refractivity contribution is 5.64. The molecule has 17 heavy (non-hydrogen) atoms. The molecule has 1 aromatic heterocycles. The van der Waals surface area contributed by atoms with Crippen LogP contribution in [0.25, 0.3) is 11.3 Å². The third-order valence-electron chi connectivity index (χ3n) is 2.69. The molecule has 0 saturated carbocycles. The number of nitrogens with zero attached hydrogens (tertiary/aromatic N) is 1. The number of hydrogen-bond donors (Lipinski definition) is 1. The highest BCUT2D eigenvalue weighted by Gasteiger charge is 2.14. The van der Waals surface area contributed by atoms with E-state index in [4.69, 9.17) is 5.11 Å². The first-order valence-corrected chi connectivity index (χ1v) is 5.15. The molecule has 0 aliphatic rings. The number of aliphatic hydroxyl groups excluding tert-OH is 1. The SMILES string of the molecule is Cc1c(CO)ccnc1-c1cccc(F)c1F. The molecule has 0 saturated heterocycles. The fourth-order valence-electron chi connectivity index (χ4n) is 1.71. The lowest BCUT2D eigenvalue weighted by molar-refractivity contribution is 0.281. The van der Waals surface area contributed by atoms with Gasteiger partial charge in [-0.2, -0.15) is 0 Å². The Kier molecular flexibility index (Phi) is 3.15. The maximum Gasteiger partial charge on any atom is 0.168 e. The molecular weight excluding hydrogens is 224 g/mol. The standard InChI is InChI=1S/C13H11F2NO/c1-8-9(7-17)5-6-16-13(8)10-3-2-4-11(14)12(10)15/h2-6,17H,7H2,1H3. The summed E-state index contributed by atoms with van der Waals surface area (Å²) in [4.78, 5) is 4.04. The molecular formula is C13H11F2NO. The summed E-state index contributed by atoms with van der Waals surface area (Å²) in [6.45, 7) is 1.57. The second-order valence-corrected chi connectivity index (χ2v) is 3.70. The summed E-state index contributed by atoms with van der Waals surface area (Å²) in [5, 5.41) is 9.12. The van der Waals surface area contributed by atoms with E-state index >= 15 is 0 Å². The quantitative estimate of drug-likeness (QED) is 0.868. The highest BCUT2D eigenvalue weighted by Crippen LogP contribution is 2.26. The highest BCUT2D eigenvalue weighted by atomic mass is 19.2. The largest absolute Gasteiger partial charge is 0.392 e. The summed E-state index contributed by atoms with van der Waals surface area (Å²) in [5.74, 6) is -1.82. The lowest BCUT2D eigenvalue weighted by atomic mass is 10.0. The predicted molar refractivity (Wildman–Crippen MR) is 60.2 cm³/mol. The number of halogens is 2. The van der Waals surface area contributed by atoms with Gasteiger partial charge in [0.25, 0.3) is 0 Å². The monoisotopic (exact) mass is 235 g/mol. The molecule has 0 aliphatic heterocycles. The molecule has 0 spiro atoms. The topological polar surface area (TPSA) is 33.1 Å². The van der Waals surface area contributed by atoms with Crippen LogP contribution in [0.3, 0.4) is 0 Å². The minimum Gasteiger partial charge on any atom is -0.392 e. The lowest BCUT2D eigenvalue weighted by Gasteiger charge is -2.09. The number of pyridine rings is 1. The fourth-order valence-corrected chi connectivity index (χ4v) is 1.71. The summed E-state index contributed by atoms with van der Waals surface area (Å²) in [5.41, 5.74) is 1.77. The smallest absolute Gasteiger partial charge is 0.168 e. The van der Waals surface area contributed by atoms with Crippen LogP contribution in [-0.2, 0) is 6.61 Å². The Bertz CT molecular complexity index is 555. The van der Waals surface area contributed by atoms with Crippen LogP contribution < -0.4 is 0 Å². The van der Waals surface area contributed by atoms with Crippen molar-refractivity contribution in [3.8, 4) is 11.3 Å². The molecule has 1 heterocycles. The molecule has 1 aromatic carbocycles. The van der Waals surface area contributed by atoms with Crippen molar-refractivity contribution >= 4 is 0 Å². The number of hydrogen-bond acceptors (Lipinski definition) is 2. The molecule has 2 aromatic rings. The summed E-state index contributed by atoms with van der Waals surface area (Å²) in [6, 6.07) is 5.61. The Morgan fingerprint density at radius 2 is 2.00 bits per heavy atom. The van der Waals surface area contributed by atoms with E-state index < -0.39 is 11.6 Å². The van der Waals surface area contributed by atoms with Gasteiger partial charge in [0.2, 0.25) is 0 Å². The summed E-state index contributed by atoms with van der Waals surface area (Å²) >= 11 is 0. The van der Waals surface area contributed by atoms with Gasteiger partial charge in [0.1, 0.15) is 0 Å². The van der Waals surface area contributed by atoms with Crippen molar-refractivity contribution < 1.29 is 13.9 Å². The van der Waals surface area contributed by atoms with Crippen LogP contribution in [0.15, 0.2) is 30.5 Å². The molecule has 0 radical (unpaired) electrons. The summed E-state index contributed by atoms with van der Waals surface area (Å²) < 4.78 is 26.8. The summed E-state index contributed by atoms with van der Waals surface area (Å²) in [6.07, 6.45) is 1.47. The molecule has 0 amide bonds. The van der Waals surface area contributed by atoms with E-state index in [2.05, 4.69) is 4.98 Å². The third-order valence-corrected chi connectivity index (χ3v) is 2.69. The third kappa shape index (κ3) is 2.03. The van der Waals surface area contributed by atoms with Crippen LogP contribution in [0.4, 0.5) is 8.78 Å². The molecule has 0 atom stereocenters. The minimum atomic E-state index is -0.918. The first-order chi connectivity index (χ1) is 8.15. The molecule has 0 bridgehead atoms. The van der Waals surface area contributed by atoms with Crippen molar-refractivity contribution in [3.63, 3.8) is 0 Å². The molecule has 0 fully saturated rings. The Balaban J connectivity index is 2.65. The second kappa shape index (κ2) is 4.59. The normalized spacial score (nSPS) is 10.6. The van der Waals surface area contributed by atoms with Crippen LogP contribution in [0.2, 0.25) is 0 Å². The van der Waals surface area contributed by atoms with Crippen LogP contribution >= 0.6 is 0 Å². The van der Waals surface area contributed by atoms with Crippen molar-refractivity contribution in [2.45, 2.75) is 13.5 Å². The molecule has 2 rings (SSSR count). The number of aliphatic hydroxyl groups is 1.